The zero-order valence-electron chi connectivity index (χ0n) is 24.2. The van der Waals surface area contributed by atoms with E-state index in [4.69, 9.17) is 15.2 Å². The number of rotatable bonds is 9. The number of carbonyl (C=O) groups is 4. The van der Waals surface area contributed by atoms with Crippen LogP contribution in [0, 0.1) is 28.6 Å². The van der Waals surface area contributed by atoms with Crippen molar-refractivity contribution in [1.82, 2.24) is 5.32 Å². The minimum absolute atomic E-state index is 0.0266. The van der Waals surface area contributed by atoms with Crippen LogP contribution in [0.2, 0.25) is 0 Å². The highest BCUT2D eigenvalue weighted by Gasteiger charge is 2.78. The highest BCUT2D eigenvalue weighted by molar-refractivity contribution is 8.13. The van der Waals surface area contributed by atoms with E-state index in [-0.39, 0.29) is 44.6 Å². The second-order valence-corrected chi connectivity index (χ2v) is 13.3. The van der Waals surface area contributed by atoms with E-state index >= 15 is 8.78 Å². The maximum atomic E-state index is 17.4. The zero-order valence-corrected chi connectivity index (χ0v) is 25.0. The van der Waals surface area contributed by atoms with Gasteiger partial charge in [0.2, 0.25) is 11.0 Å². The summed E-state index contributed by atoms with van der Waals surface area (Å²) in [6.45, 7) is 5.86. The number of ether oxygens (including phenoxy) is 2. The molecule has 3 saturated carbocycles. The number of alkyl halides is 3. The molecule has 0 saturated heterocycles. The van der Waals surface area contributed by atoms with Crippen LogP contribution in [0.4, 0.5) is 13.2 Å². The zero-order chi connectivity index (χ0) is 31.3. The number of hydrogen-bond donors (Lipinski definition) is 3. The molecule has 234 valence electrons. The first-order chi connectivity index (χ1) is 19.6. The van der Waals surface area contributed by atoms with E-state index in [2.05, 4.69) is 5.32 Å². The lowest BCUT2D eigenvalue weighted by Crippen LogP contribution is -2.70. The molecular weight excluding hydrogens is 577 g/mol. The van der Waals surface area contributed by atoms with Gasteiger partial charge in [-0.15, -0.1) is 0 Å². The molecule has 0 radical (unpaired) electrons. The second kappa shape index (κ2) is 11.7. The molecule has 3 fully saturated rings. The minimum Gasteiger partial charge on any atom is -0.449 e. The summed E-state index contributed by atoms with van der Waals surface area (Å²) in [6, 6.07) is -1.84. The molecule has 4 aliphatic carbocycles. The number of ketones is 1. The molecule has 9 nitrogen and oxygen atoms in total. The third-order valence-electron chi connectivity index (χ3n) is 10.1. The first-order valence-corrected chi connectivity index (χ1v) is 15.1. The fourth-order valence-corrected chi connectivity index (χ4v) is 8.91. The summed E-state index contributed by atoms with van der Waals surface area (Å²) in [7, 11) is 0. The summed E-state index contributed by atoms with van der Waals surface area (Å²) in [5.41, 5.74) is -1.84. The summed E-state index contributed by atoms with van der Waals surface area (Å²) in [5, 5.41) is 13.2. The van der Waals surface area contributed by atoms with Gasteiger partial charge in [0.05, 0.1) is 25.2 Å². The molecule has 10 atom stereocenters. The molecular formula is C29H39F3N2O7S. The van der Waals surface area contributed by atoms with Crippen LogP contribution in [0.15, 0.2) is 23.8 Å². The van der Waals surface area contributed by atoms with Crippen molar-refractivity contribution < 1.29 is 46.9 Å². The van der Waals surface area contributed by atoms with Crippen molar-refractivity contribution >= 4 is 34.5 Å². The number of halogens is 3. The van der Waals surface area contributed by atoms with Gasteiger partial charge in [-0.1, -0.05) is 19.9 Å². The highest BCUT2D eigenvalue weighted by Crippen LogP contribution is 2.72. The van der Waals surface area contributed by atoms with E-state index in [1.54, 1.807) is 13.8 Å². The van der Waals surface area contributed by atoms with Crippen molar-refractivity contribution in [2.24, 2.45) is 34.3 Å². The SMILES string of the molecule is CC1CC2C3CC(F)C4=CC(=O)C=CC4(C)C3(F)C(O)CC2(C)C1(OC(=O)CCOCNC(=O)[C@H](C)N)C(=O)SCF. The fraction of sp³-hybridized carbons (Fsp3) is 0.724. The smallest absolute Gasteiger partial charge is 0.309 e. The van der Waals surface area contributed by atoms with Gasteiger partial charge in [-0.25, -0.2) is 13.2 Å². The maximum Gasteiger partial charge on any atom is 0.309 e. The number of fused-ring (bicyclic) bond motifs is 5. The van der Waals surface area contributed by atoms with Crippen molar-refractivity contribution in [3.8, 4) is 0 Å². The van der Waals surface area contributed by atoms with Crippen LogP contribution in [0.3, 0.4) is 0 Å². The lowest BCUT2D eigenvalue weighted by molar-refractivity contribution is -0.229. The molecule has 0 heterocycles. The van der Waals surface area contributed by atoms with Crippen molar-refractivity contribution in [2.75, 3.05) is 19.3 Å². The number of aliphatic hydroxyl groups is 1. The van der Waals surface area contributed by atoms with Crippen molar-refractivity contribution in [3.05, 3.63) is 23.8 Å². The summed E-state index contributed by atoms with van der Waals surface area (Å²) in [5.74, 6) is -4.27. The van der Waals surface area contributed by atoms with Gasteiger partial charge in [-0.05, 0) is 68.5 Å². The average molecular weight is 617 g/mol. The summed E-state index contributed by atoms with van der Waals surface area (Å²) >= 11 is 0.333. The first kappa shape index (κ1) is 32.7. The maximum absolute atomic E-state index is 17.4. The Hall–Kier alpha value is -2.22. The van der Waals surface area contributed by atoms with Gasteiger partial charge in [0.1, 0.15) is 18.9 Å². The molecule has 0 bridgehead atoms. The van der Waals surface area contributed by atoms with Crippen LogP contribution >= 0.6 is 11.8 Å². The van der Waals surface area contributed by atoms with Crippen molar-refractivity contribution in [3.63, 3.8) is 0 Å². The molecule has 9 unspecified atom stereocenters. The molecule has 1 amide bonds. The summed E-state index contributed by atoms with van der Waals surface area (Å²) in [6.07, 6.45) is -0.597. The van der Waals surface area contributed by atoms with E-state index < -0.39 is 87.0 Å². The molecule has 42 heavy (non-hydrogen) atoms. The largest absolute Gasteiger partial charge is 0.449 e. The standard InChI is InChI=1S/C29H39F3N2O7S/c1-15-9-18-19-11-21(31)20-10-17(35)5-7-26(20,3)28(19,32)22(36)12-27(18,4)29(15,25(39)42-13-30)41-23(37)6-8-40-14-34-24(38)16(2)33/h5,7,10,15-16,18-19,21-22,36H,6,8-9,11-14,33H2,1-4H3,(H,34,38)/t15?,16-,18?,19?,21?,22?,26?,27?,28?,29?/m0/s1. The molecule has 0 aromatic heterocycles. The van der Waals surface area contributed by atoms with Crippen LogP contribution in [0.25, 0.3) is 0 Å². The predicted octanol–water partition coefficient (Wildman–Crippen LogP) is 2.85. The molecule has 0 aliphatic heterocycles. The Kier molecular flexibility index (Phi) is 9.11. The molecule has 13 heteroatoms. The van der Waals surface area contributed by atoms with Gasteiger partial charge in [0, 0.05) is 22.7 Å². The number of amides is 1. The third-order valence-corrected chi connectivity index (χ3v) is 10.8. The van der Waals surface area contributed by atoms with E-state index in [0.717, 1.165) is 6.08 Å². The molecule has 0 aromatic rings. The Balaban J connectivity index is 1.64. The molecule has 0 spiro atoms. The van der Waals surface area contributed by atoms with Crippen LogP contribution in [0.1, 0.15) is 53.4 Å². The van der Waals surface area contributed by atoms with Crippen molar-refractivity contribution in [1.29, 1.82) is 0 Å². The number of esters is 1. The lowest BCUT2D eigenvalue weighted by Gasteiger charge is -2.63. The predicted molar refractivity (Wildman–Crippen MR) is 148 cm³/mol. The number of carbonyl (C=O) groups excluding carboxylic acids is 4. The number of thioether (sulfide) groups is 1. The number of allylic oxidation sites excluding steroid dienone is 4. The first-order valence-electron chi connectivity index (χ1n) is 14.1. The van der Waals surface area contributed by atoms with Crippen molar-refractivity contribution in [2.45, 2.75) is 83.0 Å². The third kappa shape index (κ3) is 4.84. The Morgan fingerprint density at radius 1 is 1.26 bits per heavy atom. The van der Waals surface area contributed by atoms with Gasteiger partial charge in [0.15, 0.2) is 17.1 Å². The van der Waals surface area contributed by atoms with Gasteiger partial charge in [-0.3, -0.25) is 19.2 Å². The van der Waals surface area contributed by atoms with E-state index in [9.17, 15) is 28.7 Å². The van der Waals surface area contributed by atoms with E-state index in [0.29, 0.717) is 11.8 Å². The van der Waals surface area contributed by atoms with Crippen LogP contribution in [-0.4, -0.2) is 76.8 Å². The van der Waals surface area contributed by atoms with E-state index in [1.165, 1.54) is 26.0 Å². The Bertz CT molecular complexity index is 1200. The van der Waals surface area contributed by atoms with Gasteiger partial charge in [-0.2, -0.15) is 0 Å². The lowest BCUT2D eigenvalue weighted by atomic mass is 9.44. The van der Waals surface area contributed by atoms with Crippen LogP contribution in [-0.2, 0) is 28.7 Å². The Labute approximate surface area is 247 Å². The normalized spacial score (nSPS) is 41.2. The molecule has 4 aliphatic rings. The molecule has 4 N–H and O–H groups in total. The van der Waals surface area contributed by atoms with Gasteiger partial charge < -0.3 is 25.6 Å². The van der Waals surface area contributed by atoms with Crippen LogP contribution < -0.4 is 11.1 Å². The van der Waals surface area contributed by atoms with Gasteiger partial charge in [0.25, 0.3) is 0 Å². The highest BCUT2D eigenvalue weighted by atomic mass is 32.2. The monoisotopic (exact) mass is 616 g/mol. The van der Waals surface area contributed by atoms with Crippen LogP contribution in [0.5, 0.6) is 0 Å². The topological polar surface area (TPSA) is 145 Å². The number of aliphatic hydroxyl groups excluding tert-OH is 1. The minimum atomic E-state index is -2.38. The fourth-order valence-electron chi connectivity index (χ4n) is 8.12. The quantitative estimate of drug-likeness (QED) is 0.202. The number of hydrogen-bond acceptors (Lipinski definition) is 9. The Morgan fingerprint density at radius 2 is 1.95 bits per heavy atom. The summed E-state index contributed by atoms with van der Waals surface area (Å²) in [4.78, 5) is 50.4. The summed E-state index contributed by atoms with van der Waals surface area (Å²) < 4.78 is 57.9. The number of nitrogens with one attached hydrogen (secondary N) is 1. The molecule has 4 rings (SSSR count). The molecule has 0 aromatic carbocycles. The van der Waals surface area contributed by atoms with Gasteiger partial charge >= 0.3 is 5.97 Å². The second-order valence-electron chi connectivity index (χ2n) is 12.4. The Morgan fingerprint density at radius 3 is 2.60 bits per heavy atom. The van der Waals surface area contributed by atoms with E-state index in [1.807, 2.05) is 0 Å². The number of nitrogens with two attached hydrogens (primary N) is 1. The average Bonchev–Trinajstić information content (AvgIpc) is 3.13.